The van der Waals surface area contributed by atoms with Crippen LogP contribution in [-0.4, -0.2) is 4.92 Å². The molecule has 0 saturated carbocycles. The fourth-order valence-electron chi connectivity index (χ4n) is 1.87. The molecule has 5 nitrogen and oxygen atoms in total. The van der Waals surface area contributed by atoms with Crippen LogP contribution in [-0.2, 0) is 0 Å². The molecule has 0 saturated heterocycles. The third-order valence-electron chi connectivity index (χ3n) is 2.78. The van der Waals surface area contributed by atoms with Gasteiger partial charge in [-0.3, -0.25) is 10.1 Å². The Morgan fingerprint density at radius 1 is 1.24 bits per heavy atom. The maximum absolute atomic E-state index is 11.1. The van der Waals surface area contributed by atoms with Gasteiger partial charge in [0.25, 0.3) is 5.70 Å². The van der Waals surface area contributed by atoms with Crippen LogP contribution in [0.4, 0.5) is 11.4 Å². The van der Waals surface area contributed by atoms with E-state index in [2.05, 4.69) is 0 Å². The summed E-state index contributed by atoms with van der Waals surface area (Å²) in [4.78, 5) is 10.7. The number of anilines is 2. The lowest BCUT2D eigenvalue weighted by molar-refractivity contribution is -0.375. The predicted octanol–water partition coefficient (Wildman–Crippen LogP) is 4.06. The van der Waals surface area contributed by atoms with Gasteiger partial charge < -0.3 is 11.5 Å². The second-order valence-corrected chi connectivity index (χ2v) is 4.72. The van der Waals surface area contributed by atoms with E-state index in [1.165, 1.54) is 17.4 Å². The lowest BCUT2D eigenvalue weighted by atomic mass is 10.0. The maximum Gasteiger partial charge on any atom is 0.273 e. The summed E-state index contributed by atoms with van der Waals surface area (Å²) in [5.74, 6) is 0. The molecule has 0 radical (unpaired) electrons. The van der Waals surface area contributed by atoms with Gasteiger partial charge in [0.1, 0.15) is 0 Å². The second-order valence-electron chi connectivity index (χ2n) is 3.98. The highest BCUT2D eigenvalue weighted by atomic mass is 35.5. The number of hydrogen-bond donors (Lipinski definition) is 2. The van der Waals surface area contributed by atoms with Crippen LogP contribution in [0.1, 0.15) is 12.5 Å². The number of hydrogen-bond acceptors (Lipinski definition) is 5. The lowest BCUT2D eigenvalue weighted by Crippen LogP contribution is -1.99. The van der Waals surface area contributed by atoms with Crippen molar-refractivity contribution in [1.82, 2.24) is 0 Å². The minimum atomic E-state index is -0.395. The number of benzene rings is 1. The summed E-state index contributed by atoms with van der Waals surface area (Å²) in [6.45, 7) is 1.64. The first-order valence-electron chi connectivity index (χ1n) is 5.57. The van der Waals surface area contributed by atoms with Gasteiger partial charge in [-0.15, -0.1) is 24.8 Å². The smallest absolute Gasteiger partial charge is 0.273 e. The Morgan fingerprint density at radius 3 is 2.48 bits per heavy atom. The van der Waals surface area contributed by atoms with Crippen molar-refractivity contribution in [1.29, 1.82) is 0 Å². The average Bonchev–Trinajstić information content (AvgIpc) is 2.81. The van der Waals surface area contributed by atoms with Gasteiger partial charge in [0.05, 0.1) is 10.5 Å². The topological polar surface area (TPSA) is 95.2 Å². The molecule has 2 rings (SSSR count). The summed E-state index contributed by atoms with van der Waals surface area (Å²) in [5.41, 5.74) is 14.9. The van der Waals surface area contributed by atoms with E-state index in [9.17, 15) is 10.1 Å². The number of allylic oxidation sites excluding steroid dienone is 1. The fourth-order valence-corrected chi connectivity index (χ4v) is 2.71. The van der Waals surface area contributed by atoms with Crippen molar-refractivity contribution < 1.29 is 4.92 Å². The van der Waals surface area contributed by atoms with Crippen molar-refractivity contribution in [2.45, 2.75) is 6.92 Å². The Balaban J connectivity index is 0.00000200. The molecule has 0 unspecified atom stereocenters. The van der Waals surface area contributed by atoms with Crippen LogP contribution >= 0.6 is 36.2 Å². The molecule has 2 aromatic rings. The number of thiophene rings is 1. The molecular formula is C13H15Cl2N3O2S. The molecule has 1 aromatic heterocycles. The van der Waals surface area contributed by atoms with E-state index in [4.69, 9.17) is 11.5 Å². The zero-order valence-electron chi connectivity index (χ0n) is 11.1. The van der Waals surface area contributed by atoms with Gasteiger partial charge in [-0.1, -0.05) is 0 Å². The molecule has 0 aliphatic heterocycles. The first-order chi connectivity index (χ1) is 9.04. The van der Waals surface area contributed by atoms with E-state index in [1.54, 1.807) is 30.5 Å². The van der Waals surface area contributed by atoms with E-state index in [1.807, 2.05) is 5.38 Å². The van der Waals surface area contributed by atoms with Gasteiger partial charge in [0, 0.05) is 27.9 Å². The highest BCUT2D eigenvalue weighted by molar-refractivity contribution is 7.08. The third-order valence-corrected chi connectivity index (χ3v) is 3.52. The summed E-state index contributed by atoms with van der Waals surface area (Å²) >= 11 is 1.40. The Hall–Kier alpha value is -1.76. The summed E-state index contributed by atoms with van der Waals surface area (Å²) in [5, 5.41) is 14.6. The van der Waals surface area contributed by atoms with Crippen LogP contribution in [0.3, 0.4) is 0 Å². The molecule has 8 heteroatoms. The Morgan fingerprint density at radius 2 is 1.90 bits per heavy atom. The van der Waals surface area contributed by atoms with Crippen molar-refractivity contribution in [3.05, 3.63) is 50.7 Å². The normalized spacial score (nSPS) is 10.4. The average molecular weight is 348 g/mol. The van der Waals surface area contributed by atoms with Gasteiger partial charge in [0.15, 0.2) is 0 Å². The van der Waals surface area contributed by atoms with Crippen molar-refractivity contribution in [2.24, 2.45) is 0 Å². The largest absolute Gasteiger partial charge is 0.399 e. The van der Waals surface area contributed by atoms with Crippen LogP contribution in [0.5, 0.6) is 0 Å². The second kappa shape index (κ2) is 7.87. The Bertz CT molecular complexity index is 671. The van der Waals surface area contributed by atoms with E-state index in [0.29, 0.717) is 16.9 Å². The Kier molecular flexibility index (Phi) is 7.21. The van der Waals surface area contributed by atoms with E-state index >= 15 is 0 Å². The standard InChI is InChI=1S/C13H13N3O2S.2ClH/c1-2-13(16(17)18)11-7-19-6-10(11)9-5-8(14)3-4-12(9)15;;/h2-7H,14-15H2,1H3;2*1H/b13-2-;;. The van der Waals surface area contributed by atoms with Crippen LogP contribution < -0.4 is 11.5 Å². The number of halogens is 2. The molecule has 0 aliphatic carbocycles. The first-order valence-corrected chi connectivity index (χ1v) is 6.51. The molecule has 114 valence electrons. The molecule has 0 amide bonds. The molecule has 21 heavy (non-hydrogen) atoms. The summed E-state index contributed by atoms with van der Waals surface area (Å²) in [7, 11) is 0. The third kappa shape index (κ3) is 3.87. The van der Waals surface area contributed by atoms with Crippen LogP contribution in [0.2, 0.25) is 0 Å². The van der Waals surface area contributed by atoms with Crippen LogP contribution in [0.15, 0.2) is 35.0 Å². The monoisotopic (exact) mass is 347 g/mol. The van der Waals surface area contributed by atoms with Gasteiger partial charge >= 0.3 is 0 Å². The predicted molar refractivity (Wildman–Crippen MR) is 93.7 cm³/mol. The van der Waals surface area contributed by atoms with Crippen molar-refractivity contribution >= 4 is 53.2 Å². The first kappa shape index (κ1) is 19.2. The molecule has 0 bridgehead atoms. The Labute approximate surface area is 138 Å². The number of nitrogen functional groups attached to an aromatic ring is 2. The van der Waals surface area contributed by atoms with Crippen molar-refractivity contribution in [3.63, 3.8) is 0 Å². The number of rotatable bonds is 3. The molecule has 4 N–H and O–H groups in total. The van der Waals surface area contributed by atoms with Crippen molar-refractivity contribution in [3.8, 4) is 11.1 Å². The molecule has 0 fully saturated rings. The molecular weight excluding hydrogens is 333 g/mol. The van der Waals surface area contributed by atoms with E-state index < -0.39 is 4.92 Å². The summed E-state index contributed by atoms with van der Waals surface area (Å²) < 4.78 is 0. The van der Waals surface area contributed by atoms with Gasteiger partial charge in [0.2, 0.25) is 0 Å². The van der Waals surface area contributed by atoms with Gasteiger partial charge in [-0.2, -0.15) is 11.3 Å². The maximum atomic E-state index is 11.1. The van der Waals surface area contributed by atoms with Gasteiger partial charge in [-0.05, 0) is 36.6 Å². The highest BCUT2D eigenvalue weighted by Crippen LogP contribution is 2.36. The zero-order chi connectivity index (χ0) is 14.0. The minimum absolute atomic E-state index is 0. The van der Waals surface area contributed by atoms with Crippen LogP contribution in [0.25, 0.3) is 16.8 Å². The zero-order valence-corrected chi connectivity index (χ0v) is 13.6. The van der Waals surface area contributed by atoms with E-state index in [0.717, 1.165) is 11.1 Å². The van der Waals surface area contributed by atoms with Crippen LogP contribution in [0, 0.1) is 10.1 Å². The summed E-state index contributed by atoms with van der Waals surface area (Å²) in [6.07, 6.45) is 1.48. The number of nitro groups is 1. The molecule has 1 heterocycles. The van der Waals surface area contributed by atoms with E-state index in [-0.39, 0.29) is 30.5 Å². The van der Waals surface area contributed by atoms with Crippen molar-refractivity contribution in [2.75, 3.05) is 11.5 Å². The SMILES string of the molecule is C/C=C(/c1cscc1-c1cc(N)ccc1N)[N+](=O)[O-].Cl.Cl. The molecule has 0 spiro atoms. The number of nitrogens with two attached hydrogens (primary N) is 2. The quantitative estimate of drug-likeness (QED) is 0.497. The molecule has 0 atom stereocenters. The minimum Gasteiger partial charge on any atom is -0.399 e. The molecule has 1 aromatic carbocycles. The molecule has 0 aliphatic rings. The fraction of sp³-hybridized carbons (Fsp3) is 0.0769. The number of nitrogens with zero attached hydrogens (tertiary/aromatic N) is 1. The van der Waals surface area contributed by atoms with Gasteiger partial charge in [-0.25, -0.2) is 0 Å². The lowest BCUT2D eigenvalue weighted by Gasteiger charge is -2.07. The highest BCUT2D eigenvalue weighted by Gasteiger charge is 2.20. The summed E-state index contributed by atoms with van der Waals surface area (Å²) in [6, 6.07) is 5.14.